The number of hydrogen-bond donors (Lipinski definition) is 2. The van der Waals surface area contributed by atoms with Crippen LogP contribution in [0.1, 0.15) is 55.5 Å². The van der Waals surface area contributed by atoms with E-state index in [0.717, 1.165) is 88.8 Å². The van der Waals surface area contributed by atoms with Crippen LogP contribution in [0, 0.1) is 15.5 Å². The summed E-state index contributed by atoms with van der Waals surface area (Å²) < 4.78 is 27.7. The van der Waals surface area contributed by atoms with Gasteiger partial charge in [-0.1, -0.05) is 66.9 Å². The Morgan fingerprint density at radius 1 is 0.917 bits per heavy atom. The molecule has 12 nitrogen and oxygen atoms in total. The van der Waals surface area contributed by atoms with Crippen LogP contribution in [0.4, 0.5) is 17.1 Å². The molecule has 0 bridgehead atoms. The second kappa shape index (κ2) is 20.0. The molecule has 1 atom stereocenters. The number of benzene rings is 4. The Hall–Kier alpha value is -4.34. The fourth-order valence-electron chi connectivity index (χ4n) is 8.00. The number of rotatable bonds is 15. The normalized spacial score (nSPS) is 17.9. The topological polar surface area (TPSA) is 136 Å². The van der Waals surface area contributed by atoms with E-state index in [0.29, 0.717) is 36.2 Å². The average Bonchev–Trinajstić information content (AvgIpc) is 3.24. The summed E-state index contributed by atoms with van der Waals surface area (Å²) in [6.45, 7) is 13.4. The number of amides is 1. The van der Waals surface area contributed by atoms with Gasteiger partial charge in [-0.25, -0.2) is 0 Å². The standard InChI is InChI=1S/C45H52Cl2N6O6S/c1-45(2)17-16-33(38(30-45)32-8-10-34(46)11-9-32)31-51-20-22-52(23-21-51)35-12-14-37(43(28-35)59-42-7-4-3-6-39(42)47)44(54)49-60(57)36-13-15-40(41(29-36)53(55)56)48-18-5-19-50-24-26-58-27-25-50/h3-4,6-15,28-29,48H,5,16-27,30-31H2,1-2H3,(H,49,54). The van der Waals surface area contributed by atoms with E-state index in [4.69, 9.17) is 32.7 Å². The molecule has 3 aliphatic rings. The van der Waals surface area contributed by atoms with Crippen molar-refractivity contribution in [3.63, 3.8) is 0 Å². The smallest absolute Gasteiger partial charge is 0.297 e. The van der Waals surface area contributed by atoms with Crippen LogP contribution < -0.4 is 19.7 Å². The number of carbonyl (C=O) groups excluding carboxylic acids is 1. The van der Waals surface area contributed by atoms with Gasteiger partial charge >= 0.3 is 0 Å². The maximum Gasteiger partial charge on any atom is 0.297 e. The number of nitro benzene ring substituents is 1. The Bertz CT molecular complexity index is 2180. The number of nitrogens with one attached hydrogen (secondary N) is 2. The number of morpholine rings is 1. The van der Waals surface area contributed by atoms with Gasteiger partial charge in [0.25, 0.3) is 11.6 Å². The Labute approximate surface area is 365 Å². The van der Waals surface area contributed by atoms with Crippen LogP contribution in [0.3, 0.4) is 0 Å². The lowest BCUT2D eigenvalue weighted by Gasteiger charge is -2.39. The molecule has 2 heterocycles. The molecule has 2 N–H and O–H groups in total. The fourth-order valence-corrected chi connectivity index (χ4v) is 9.11. The van der Waals surface area contributed by atoms with Crippen molar-refractivity contribution in [3.05, 3.63) is 122 Å². The van der Waals surface area contributed by atoms with Crippen LogP contribution >= 0.6 is 23.2 Å². The number of nitrogens with zero attached hydrogens (tertiary/aromatic N) is 4. The summed E-state index contributed by atoms with van der Waals surface area (Å²) in [5.74, 6) is -0.0664. The SMILES string of the molecule is CC1(C)CCC(CN2CCN(c3ccc(C(=O)N[S+]([O-])c4ccc(NCCCN5CCOCC5)c([N+](=O)[O-])c4)c(Oc4ccccc4Cl)c3)CC2)=C(c2ccc(Cl)cc2)C1. The van der Waals surface area contributed by atoms with Gasteiger partial charge in [-0.05, 0) is 97.3 Å². The number of ether oxygens (including phenoxy) is 2. The highest BCUT2D eigenvalue weighted by Gasteiger charge is 2.30. The highest BCUT2D eigenvalue weighted by atomic mass is 35.5. The van der Waals surface area contributed by atoms with Crippen molar-refractivity contribution in [2.24, 2.45) is 5.41 Å². The third-order valence-corrected chi connectivity index (χ3v) is 13.0. The summed E-state index contributed by atoms with van der Waals surface area (Å²) in [4.78, 5) is 32.5. The zero-order chi connectivity index (χ0) is 42.2. The van der Waals surface area contributed by atoms with Crippen molar-refractivity contribution in [3.8, 4) is 11.5 Å². The van der Waals surface area contributed by atoms with Crippen molar-refractivity contribution in [1.82, 2.24) is 14.5 Å². The summed E-state index contributed by atoms with van der Waals surface area (Å²) in [6, 6.07) is 24.8. The first-order valence-electron chi connectivity index (χ1n) is 20.5. The average molecular weight is 876 g/mol. The number of carbonyl (C=O) groups is 1. The monoisotopic (exact) mass is 874 g/mol. The third kappa shape index (κ3) is 11.3. The summed E-state index contributed by atoms with van der Waals surface area (Å²) in [5, 5.41) is 16.3. The zero-order valence-corrected chi connectivity index (χ0v) is 36.4. The molecule has 1 unspecified atom stereocenters. The number of piperazine rings is 1. The summed E-state index contributed by atoms with van der Waals surface area (Å²) in [5.41, 5.74) is 5.52. The summed E-state index contributed by atoms with van der Waals surface area (Å²) >= 11 is 10.6. The largest absolute Gasteiger partial charge is 0.588 e. The van der Waals surface area contributed by atoms with E-state index in [1.807, 2.05) is 24.3 Å². The van der Waals surface area contributed by atoms with Crippen molar-refractivity contribution >= 4 is 63.1 Å². The quantitative estimate of drug-likeness (QED) is 0.0516. The van der Waals surface area contributed by atoms with Crippen molar-refractivity contribution in [2.75, 3.05) is 82.3 Å². The number of nitro groups is 1. The van der Waals surface area contributed by atoms with E-state index in [2.05, 4.69) is 50.7 Å². The molecule has 0 spiro atoms. The first kappa shape index (κ1) is 43.7. The molecule has 60 heavy (non-hydrogen) atoms. The highest BCUT2D eigenvalue weighted by molar-refractivity contribution is 7.90. The van der Waals surface area contributed by atoms with Crippen LogP contribution in [0.5, 0.6) is 11.5 Å². The van der Waals surface area contributed by atoms with Gasteiger partial charge in [0.15, 0.2) is 4.90 Å². The zero-order valence-electron chi connectivity index (χ0n) is 34.1. The second-order valence-electron chi connectivity index (χ2n) is 16.3. The highest BCUT2D eigenvalue weighted by Crippen LogP contribution is 2.43. The Kier molecular flexibility index (Phi) is 14.6. The predicted octanol–water partition coefficient (Wildman–Crippen LogP) is 9.07. The molecule has 7 rings (SSSR count). The van der Waals surface area contributed by atoms with Gasteiger partial charge in [0.05, 0.1) is 34.8 Å². The molecule has 0 saturated carbocycles. The molecule has 2 fully saturated rings. The molecule has 1 amide bonds. The molecule has 15 heteroatoms. The lowest BCUT2D eigenvalue weighted by atomic mass is 9.72. The Morgan fingerprint density at radius 2 is 1.67 bits per heavy atom. The minimum Gasteiger partial charge on any atom is -0.588 e. The maximum absolute atomic E-state index is 13.8. The molecule has 2 aliphatic heterocycles. The third-order valence-electron chi connectivity index (χ3n) is 11.4. The molecular weight excluding hydrogens is 824 g/mol. The van der Waals surface area contributed by atoms with Gasteiger partial charge in [-0.15, -0.1) is 0 Å². The van der Waals surface area contributed by atoms with Crippen LogP contribution in [0.25, 0.3) is 5.57 Å². The lowest BCUT2D eigenvalue weighted by Crippen LogP contribution is -2.47. The minimum atomic E-state index is -2.11. The molecule has 4 aromatic carbocycles. The molecule has 4 aromatic rings. The summed E-state index contributed by atoms with van der Waals surface area (Å²) in [7, 11) is 0. The van der Waals surface area contributed by atoms with E-state index in [1.54, 1.807) is 30.3 Å². The fraction of sp³-hybridized carbons (Fsp3) is 0.400. The van der Waals surface area contributed by atoms with Gasteiger partial charge in [0.2, 0.25) is 0 Å². The van der Waals surface area contributed by atoms with Crippen LogP contribution in [-0.4, -0.2) is 97.3 Å². The van der Waals surface area contributed by atoms with E-state index in [-0.39, 0.29) is 27.3 Å². The predicted molar refractivity (Wildman–Crippen MR) is 240 cm³/mol. The maximum atomic E-state index is 13.8. The minimum absolute atomic E-state index is 0.0879. The van der Waals surface area contributed by atoms with Gasteiger partial charge in [-0.3, -0.25) is 24.7 Å². The molecular formula is C45H52Cl2N6O6S. The van der Waals surface area contributed by atoms with Crippen molar-refractivity contribution in [1.29, 1.82) is 0 Å². The number of halogens is 2. The second-order valence-corrected chi connectivity index (χ2v) is 18.3. The Morgan fingerprint density at radius 3 is 2.40 bits per heavy atom. The van der Waals surface area contributed by atoms with Crippen LogP contribution in [0.2, 0.25) is 10.0 Å². The molecule has 1 aliphatic carbocycles. The molecule has 318 valence electrons. The van der Waals surface area contributed by atoms with Gasteiger partial charge < -0.3 is 24.2 Å². The molecule has 0 aromatic heterocycles. The van der Waals surface area contributed by atoms with Gasteiger partial charge in [-0.2, -0.15) is 4.72 Å². The van der Waals surface area contributed by atoms with Crippen molar-refractivity contribution < 1.29 is 23.7 Å². The molecule has 2 saturated heterocycles. The first-order chi connectivity index (χ1) is 28.9. The summed E-state index contributed by atoms with van der Waals surface area (Å²) in [6.07, 6.45) is 4.04. The number of para-hydroxylation sites is 1. The number of allylic oxidation sites excluding steroid dienone is 1. The van der Waals surface area contributed by atoms with E-state index < -0.39 is 22.2 Å². The molecule has 0 radical (unpaired) electrons. The van der Waals surface area contributed by atoms with Crippen molar-refractivity contribution in [2.45, 2.75) is 44.4 Å². The lowest BCUT2D eigenvalue weighted by molar-refractivity contribution is -0.384. The van der Waals surface area contributed by atoms with E-state index in [9.17, 15) is 19.5 Å². The Balaban J connectivity index is 1.03. The van der Waals surface area contributed by atoms with Gasteiger partial charge in [0, 0.05) is 69.1 Å². The van der Waals surface area contributed by atoms with E-state index in [1.165, 1.54) is 34.9 Å². The van der Waals surface area contributed by atoms with Gasteiger partial charge in [0.1, 0.15) is 28.5 Å². The number of anilines is 2. The number of hydrogen-bond acceptors (Lipinski definition) is 10. The van der Waals surface area contributed by atoms with E-state index >= 15 is 0 Å². The van der Waals surface area contributed by atoms with Crippen LogP contribution in [0.15, 0.2) is 95.4 Å². The van der Waals surface area contributed by atoms with Crippen LogP contribution in [-0.2, 0) is 16.1 Å². The first-order valence-corrected chi connectivity index (χ1v) is 22.4.